The second-order valence-corrected chi connectivity index (χ2v) is 11.2. The normalized spacial score (nSPS) is 17.6. The fraction of sp³-hybridized carbons (Fsp3) is 0.409. The molecule has 8 heteroatoms. The number of ether oxygens (including phenoxy) is 1. The molecule has 0 fully saturated rings. The fourth-order valence-corrected chi connectivity index (χ4v) is 4.74. The van der Waals surface area contributed by atoms with Gasteiger partial charge in [-0.25, -0.2) is 8.42 Å². The van der Waals surface area contributed by atoms with Crippen LogP contribution in [0.4, 0.5) is 5.69 Å². The van der Waals surface area contributed by atoms with Crippen LogP contribution in [-0.4, -0.2) is 32.7 Å². The molecule has 1 amide bonds. The van der Waals surface area contributed by atoms with Gasteiger partial charge in [-0.05, 0) is 63.1 Å². The Labute approximate surface area is 186 Å². The number of hydrogen-bond acceptors (Lipinski definition) is 4. The number of aryl methyl sites for hydroxylation is 2. The molecule has 0 bridgehead atoms. The molecule has 3 rings (SSSR count). The molecule has 1 atom stereocenters. The third-order valence-corrected chi connectivity index (χ3v) is 7.11. The van der Waals surface area contributed by atoms with Crippen molar-refractivity contribution in [2.75, 3.05) is 17.1 Å². The summed E-state index contributed by atoms with van der Waals surface area (Å²) in [6.07, 6.45) is 1.69. The molecule has 6 nitrogen and oxygen atoms in total. The van der Waals surface area contributed by atoms with Crippen molar-refractivity contribution in [3.05, 3.63) is 57.6 Å². The Morgan fingerprint density at radius 1 is 1.23 bits per heavy atom. The van der Waals surface area contributed by atoms with Crippen molar-refractivity contribution in [1.82, 2.24) is 5.32 Å². The highest BCUT2D eigenvalue weighted by molar-refractivity contribution is 9.10. The largest absolute Gasteiger partial charge is 0.487 e. The van der Waals surface area contributed by atoms with Gasteiger partial charge in [0.25, 0.3) is 0 Å². The molecule has 162 valence electrons. The zero-order chi connectivity index (χ0) is 22.3. The molecule has 0 saturated carbocycles. The lowest BCUT2D eigenvalue weighted by Crippen LogP contribution is -2.45. The van der Waals surface area contributed by atoms with Crippen LogP contribution >= 0.6 is 15.9 Å². The third-order valence-electron chi connectivity index (χ3n) is 5.08. The van der Waals surface area contributed by atoms with Crippen LogP contribution < -0.4 is 14.4 Å². The molecule has 0 saturated heterocycles. The Balaban J connectivity index is 1.85. The van der Waals surface area contributed by atoms with Crippen LogP contribution in [0.15, 0.2) is 40.9 Å². The van der Waals surface area contributed by atoms with Crippen LogP contribution in [0.1, 0.15) is 43.0 Å². The minimum atomic E-state index is -3.64. The first-order valence-electron chi connectivity index (χ1n) is 9.68. The molecular weight excluding hydrogens is 468 g/mol. The Hall–Kier alpha value is -2.06. The summed E-state index contributed by atoms with van der Waals surface area (Å²) >= 11 is 3.42. The lowest BCUT2D eigenvalue weighted by atomic mass is 9.89. The Bertz CT molecular complexity index is 1080. The highest BCUT2D eigenvalue weighted by Gasteiger charge is 2.35. The zero-order valence-corrected chi connectivity index (χ0v) is 20.2. The van der Waals surface area contributed by atoms with E-state index in [2.05, 4.69) is 21.2 Å². The molecule has 0 radical (unpaired) electrons. The second-order valence-electron chi connectivity index (χ2n) is 8.43. The lowest BCUT2D eigenvalue weighted by Gasteiger charge is -2.38. The van der Waals surface area contributed by atoms with E-state index >= 15 is 0 Å². The van der Waals surface area contributed by atoms with Crippen LogP contribution in [0.25, 0.3) is 0 Å². The Morgan fingerprint density at radius 3 is 2.57 bits per heavy atom. The summed E-state index contributed by atoms with van der Waals surface area (Å²) < 4.78 is 32.9. The van der Waals surface area contributed by atoms with Crippen molar-refractivity contribution in [2.24, 2.45) is 0 Å². The van der Waals surface area contributed by atoms with Gasteiger partial charge in [0, 0.05) is 16.5 Å². The van der Waals surface area contributed by atoms with Crippen LogP contribution in [-0.2, 0) is 14.8 Å². The summed E-state index contributed by atoms with van der Waals surface area (Å²) in [4.78, 5) is 12.9. The fourth-order valence-electron chi connectivity index (χ4n) is 3.64. The molecule has 1 aliphatic rings. The van der Waals surface area contributed by atoms with E-state index in [-0.39, 0.29) is 18.5 Å². The topological polar surface area (TPSA) is 75.7 Å². The number of amides is 1. The van der Waals surface area contributed by atoms with Gasteiger partial charge in [-0.1, -0.05) is 28.1 Å². The first-order valence-corrected chi connectivity index (χ1v) is 12.3. The number of halogens is 1. The summed E-state index contributed by atoms with van der Waals surface area (Å²) in [7, 11) is -3.64. The molecule has 1 heterocycles. The smallest absolute Gasteiger partial charge is 0.241 e. The third kappa shape index (κ3) is 5.16. The molecule has 0 aromatic heterocycles. The first-order chi connectivity index (χ1) is 13.9. The van der Waals surface area contributed by atoms with E-state index in [0.29, 0.717) is 12.1 Å². The minimum absolute atomic E-state index is 0.259. The highest BCUT2D eigenvalue weighted by atomic mass is 79.9. The number of sulfonamides is 1. The number of carbonyl (C=O) groups is 1. The molecular formula is C22H27BrN2O4S. The number of rotatable bonds is 5. The summed E-state index contributed by atoms with van der Waals surface area (Å²) in [6.45, 7) is 7.52. The van der Waals surface area contributed by atoms with E-state index in [1.807, 2.05) is 45.9 Å². The summed E-state index contributed by atoms with van der Waals surface area (Å²) in [5, 5.41) is 3.01. The number of carbonyl (C=O) groups excluding carboxylic acids is 1. The number of fused-ring (bicyclic) bond motifs is 1. The van der Waals surface area contributed by atoms with Gasteiger partial charge in [0.05, 0.1) is 18.0 Å². The van der Waals surface area contributed by atoms with Gasteiger partial charge in [-0.15, -0.1) is 0 Å². The lowest BCUT2D eigenvalue weighted by molar-refractivity contribution is -0.120. The molecule has 1 unspecified atom stereocenters. The average Bonchev–Trinajstić information content (AvgIpc) is 2.60. The molecule has 30 heavy (non-hydrogen) atoms. The van der Waals surface area contributed by atoms with Gasteiger partial charge >= 0.3 is 0 Å². The van der Waals surface area contributed by atoms with Crippen molar-refractivity contribution in [3.63, 3.8) is 0 Å². The van der Waals surface area contributed by atoms with E-state index in [9.17, 15) is 13.2 Å². The quantitative estimate of drug-likeness (QED) is 0.673. The molecule has 0 aliphatic carbocycles. The summed E-state index contributed by atoms with van der Waals surface area (Å²) in [6, 6.07) is 10.8. The number of nitrogens with zero attached hydrogens (tertiary/aromatic N) is 1. The van der Waals surface area contributed by atoms with Crippen LogP contribution in [0.2, 0.25) is 0 Å². The highest BCUT2D eigenvalue weighted by Crippen LogP contribution is 2.40. The summed E-state index contributed by atoms with van der Waals surface area (Å²) in [5.74, 6) is 0.385. The first kappa shape index (κ1) is 22.6. The average molecular weight is 495 g/mol. The second kappa shape index (κ2) is 8.23. The molecule has 2 aromatic carbocycles. The molecule has 1 aliphatic heterocycles. The molecule has 2 aromatic rings. The molecule has 1 N–H and O–H groups in total. The minimum Gasteiger partial charge on any atom is -0.487 e. The van der Waals surface area contributed by atoms with Gasteiger partial charge in [0.2, 0.25) is 15.9 Å². The van der Waals surface area contributed by atoms with Crippen molar-refractivity contribution in [1.29, 1.82) is 0 Å². The van der Waals surface area contributed by atoms with Crippen molar-refractivity contribution >= 4 is 37.5 Å². The van der Waals surface area contributed by atoms with Gasteiger partial charge in [-0.2, -0.15) is 0 Å². The van der Waals surface area contributed by atoms with Gasteiger partial charge in [0.1, 0.15) is 17.9 Å². The van der Waals surface area contributed by atoms with Crippen LogP contribution in [0, 0.1) is 13.8 Å². The summed E-state index contributed by atoms with van der Waals surface area (Å²) in [5.41, 5.74) is 2.87. The van der Waals surface area contributed by atoms with E-state index in [0.717, 1.165) is 37.5 Å². The number of nitrogens with one attached hydrogen (secondary N) is 1. The van der Waals surface area contributed by atoms with Crippen LogP contribution in [0.5, 0.6) is 5.75 Å². The van der Waals surface area contributed by atoms with Crippen molar-refractivity contribution < 1.29 is 17.9 Å². The van der Waals surface area contributed by atoms with E-state index in [4.69, 9.17) is 4.74 Å². The maximum Gasteiger partial charge on any atom is 0.241 e. The maximum atomic E-state index is 12.9. The monoisotopic (exact) mass is 494 g/mol. The molecule has 0 spiro atoms. The van der Waals surface area contributed by atoms with E-state index in [1.54, 1.807) is 18.2 Å². The van der Waals surface area contributed by atoms with E-state index < -0.39 is 15.6 Å². The number of anilines is 1. The number of hydrogen-bond donors (Lipinski definition) is 1. The Kier molecular flexibility index (Phi) is 6.20. The SMILES string of the molecule is Cc1ccc2c(c1)OC(C)(C)CC2NC(=O)CN(c1ccc(Br)c(C)c1)S(C)(=O)=O. The predicted molar refractivity (Wildman–Crippen MR) is 122 cm³/mol. The number of benzene rings is 2. The zero-order valence-electron chi connectivity index (χ0n) is 17.8. The maximum absolute atomic E-state index is 12.9. The predicted octanol–water partition coefficient (Wildman–Crippen LogP) is 4.25. The van der Waals surface area contributed by atoms with Crippen molar-refractivity contribution in [2.45, 2.75) is 45.8 Å². The van der Waals surface area contributed by atoms with E-state index in [1.165, 1.54) is 0 Å². The van der Waals surface area contributed by atoms with Gasteiger partial charge in [0.15, 0.2) is 0 Å². The van der Waals surface area contributed by atoms with Gasteiger partial charge < -0.3 is 10.1 Å². The van der Waals surface area contributed by atoms with Crippen molar-refractivity contribution in [3.8, 4) is 5.75 Å². The van der Waals surface area contributed by atoms with Crippen LogP contribution in [0.3, 0.4) is 0 Å². The van der Waals surface area contributed by atoms with Gasteiger partial charge in [-0.3, -0.25) is 9.10 Å². The Morgan fingerprint density at radius 2 is 1.93 bits per heavy atom. The standard InChI is InChI=1S/C22H27BrN2O4S/c1-14-6-8-17-19(12-22(3,4)29-20(17)10-14)24-21(26)13-25(30(5,27)28)16-7-9-18(23)15(2)11-16/h6-11,19H,12-13H2,1-5H3,(H,24,26).